The molecule has 132 valence electrons. The van der Waals surface area contributed by atoms with Gasteiger partial charge in [0.1, 0.15) is 11.6 Å². The first kappa shape index (κ1) is 18.6. The Morgan fingerprint density at radius 2 is 1.72 bits per heavy atom. The molecule has 0 N–H and O–H groups in total. The van der Waals surface area contributed by atoms with Gasteiger partial charge in [-0.3, -0.25) is 9.59 Å². The van der Waals surface area contributed by atoms with Gasteiger partial charge in [0.15, 0.2) is 0 Å². The van der Waals surface area contributed by atoms with Crippen LogP contribution in [0.1, 0.15) is 18.9 Å². The normalized spacial score (nSPS) is 10.4. The summed E-state index contributed by atoms with van der Waals surface area (Å²) in [5.74, 6) is -2.13. The highest BCUT2D eigenvalue weighted by Gasteiger charge is 2.19. The first-order chi connectivity index (χ1) is 11.9. The lowest BCUT2D eigenvalue weighted by Crippen LogP contribution is -2.35. The molecule has 0 saturated carbocycles. The third-order valence-electron chi connectivity index (χ3n) is 3.82. The van der Waals surface area contributed by atoms with Crippen LogP contribution in [0, 0.1) is 11.6 Å². The molecule has 0 saturated heterocycles. The number of carbonyl (C=O) groups is 2. The van der Waals surface area contributed by atoms with Crippen molar-refractivity contribution in [1.82, 2.24) is 4.90 Å². The summed E-state index contributed by atoms with van der Waals surface area (Å²) in [5.41, 5.74) is 0.957. The highest BCUT2D eigenvalue weighted by molar-refractivity contribution is 5.92. The fraction of sp³-hybridized carbons (Fsp3) is 0.263. The van der Waals surface area contributed by atoms with Crippen molar-refractivity contribution in [3.05, 3.63) is 65.7 Å². The smallest absolute Gasteiger partial charge is 0.224 e. The quantitative estimate of drug-likeness (QED) is 0.805. The van der Waals surface area contributed by atoms with Crippen LogP contribution in [0.25, 0.3) is 0 Å². The van der Waals surface area contributed by atoms with Gasteiger partial charge in [-0.2, -0.15) is 0 Å². The topological polar surface area (TPSA) is 40.6 Å². The van der Waals surface area contributed by atoms with Gasteiger partial charge in [0, 0.05) is 39.5 Å². The van der Waals surface area contributed by atoms with Crippen molar-refractivity contribution in [3.63, 3.8) is 0 Å². The molecule has 2 aromatic carbocycles. The number of benzene rings is 2. The van der Waals surface area contributed by atoms with E-state index in [0.717, 1.165) is 16.5 Å². The van der Waals surface area contributed by atoms with Crippen molar-refractivity contribution in [1.29, 1.82) is 0 Å². The molecular weight excluding hydrogens is 326 g/mol. The van der Waals surface area contributed by atoms with Crippen LogP contribution in [0.5, 0.6) is 0 Å². The van der Waals surface area contributed by atoms with E-state index in [0.29, 0.717) is 12.6 Å². The molecule has 0 spiro atoms. The number of halogens is 2. The summed E-state index contributed by atoms with van der Waals surface area (Å²) >= 11 is 0. The summed E-state index contributed by atoms with van der Waals surface area (Å²) in [6, 6.07) is 12.5. The number of anilines is 1. The Bertz CT molecular complexity index is 750. The standard InChI is InChI=1S/C19H20F2N2O2/c1-14(24)23(18-9-8-16(20)12-17(18)21)11-10-19(25)22(2)13-15-6-4-3-5-7-15/h3-9,12H,10-11,13H2,1-2H3. The van der Waals surface area contributed by atoms with E-state index < -0.39 is 17.5 Å². The number of rotatable bonds is 6. The number of carbonyl (C=O) groups excluding carboxylic acids is 2. The van der Waals surface area contributed by atoms with E-state index in [-0.39, 0.29) is 24.6 Å². The SMILES string of the molecule is CC(=O)N(CCC(=O)N(C)Cc1ccccc1)c1ccc(F)cc1F. The van der Waals surface area contributed by atoms with Gasteiger partial charge in [-0.25, -0.2) is 8.78 Å². The third-order valence-corrected chi connectivity index (χ3v) is 3.82. The molecule has 25 heavy (non-hydrogen) atoms. The van der Waals surface area contributed by atoms with Crippen molar-refractivity contribution in [2.24, 2.45) is 0 Å². The molecular formula is C19H20F2N2O2. The predicted molar refractivity (Wildman–Crippen MR) is 91.9 cm³/mol. The van der Waals surface area contributed by atoms with Crippen molar-refractivity contribution in [3.8, 4) is 0 Å². The molecule has 0 bridgehead atoms. The summed E-state index contributed by atoms with van der Waals surface area (Å²) in [4.78, 5) is 26.8. The zero-order valence-corrected chi connectivity index (χ0v) is 14.2. The third kappa shape index (κ3) is 5.11. The van der Waals surface area contributed by atoms with E-state index in [1.54, 1.807) is 11.9 Å². The van der Waals surface area contributed by atoms with Crippen molar-refractivity contribution >= 4 is 17.5 Å². The molecule has 0 unspecified atom stereocenters. The highest BCUT2D eigenvalue weighted by atomic mass is 19.1. The van der Waals surface area contributed by atoms with Gasteiger partial charge in [-0.1, -0.05) is 30.3 Å². The lowest BCUT2D eigenvalue weighted by atomic mass is 10.2. The molecule has 0 aliphatic carbocycles. The molecule has 0 aliphatic heterocycles. The van der Waals surface area contributed by atoms with Crippen LogP contribution in [-0.2, 0) is 16.1 Å². The van der Waals surface area contributed by atoms with Gasteiger partial charge in [-0.15, -0.1) is 0 Å². The van der Waals surface area contributed by atoms with Crippen LogP contribution < -0.4 is 4.90 Å². The summed E-state index contributed by atoms with van der Waals surface area (Å²) in [6.07, 6.45) is 0.0414. The largest absolute Gasteiger partial charge is 0.341 e. The molecule has 4 nitrogen and oxygen atoms in total. The van der Waals surface area contributed by atoms with E-state index in [1.807, 2.05) is 30.3 Å². The zero-order valence-electron chi connectivity index (χ0n) is 14.2. The highest BCUT2D eigenvalue weighted by Crippen LogP contribution is 2.21. The monoisotopic (exact) mass is 346 g/mol. The van der Waals surface area contributed by atoms with E-state index in [4.69, 9.17) is 0 Å². The van der Waals surface area contributed by atoms with Gasteiger partial charge in [0.2, 0.25) is 11.8 Å². The first-order valence-electron chi connectivity index (χ1n) is 7.89. The summed E-state index contributed by atoms with van der Waals surface area (Å²) < 4.78 is 26.9. The molecule has 0 radical (unpaired) electrons. The van der Waals surface area contributed by atoms with E-state index >= 15 is 0 Å². The summed E-state index contributed by atoms with van der Waals surface area (Å²) in [7, 11) is 1.67. The van der Waals surface area contributed by atoms with Gasteiger partial charge in [0.25, 0.3) is 0 Å². The van der Waals surface area contributed by atoms with E-state index in [9.17, 15) is 18.4 Å². The zero-order chi connectivity index (χ0) is 18.4. The van der Waals surface area contributed by atoms with E-state index in [1.165, 1.54) is 13.0 Å². The molecule has 2 amide bonds. The van der Waals surface area contributed by atoms with Gasteiger partial charge >= 0.3 is 0 Å². The Labute approximate surface area is 145 Å². The first-order valence-corrected chi connectivity index (χ1v) is 7.89. The Balaban J connectivity index is 2.00. The lowest BCUT2D eigenvalue weighted by Gasteiger charge is -2.23. The molecule has 0 atom stereocenters. The van der Waals surface area contributed by atoms with Gasteiger partial charge < -0.3 is 9.80 Å². The second-order valence-electron chi connectivity index (χ2n) is 5.75. The molecule has 0 heterocycles. The maximum atomic E-state index is 13.9. The predicted octanol–water partition coefficient (Wildman–Crippen LogP) is 3.37. The van der Waals surface area contributed by atoms with Crippen LogP contribution in [0.3, 0.4) is 0 Å². The minimum atomic E-state index is -0.833. The fourth-order valence-electron chi connectivity index (χ4n) is 2.49. The molecule has 2 rings (SSSR count). The van der Waals surface area contributed by atoms with Crippen molar-refractivity contribution in [2.45, 2.75) is 19.9 Å². The fourth-order valence-corrected chi connectivity index (χ4v) is 2.49. The average Bonchev–Trinajstić information content (AvgIpc) is 2.57. The molecule has 2 aromatic rings. The Morgan fingerprint density at radius 3 is 2.32 bits per heavy atom. The number of amides is 2. The molecule has 6 heteroatoms. The van der Waals surface area contributed by atoms with Crippen molar-refractivity contribution < 1.29 is 18.4 Å². The molecule has 0 fully saturated rings. The Hall–Kier alpha value is -2.76. The second kappa shape index (κ2) is 8.37. The minimum Gasteiger partial charge on any atom is -0.341 e. The van der Waals surface area contributed by atoms with Crippen LogP contribution in [0.15, 0.2) is 48.5 Å². The molecule has 0 aromatic heterocycles. The maximum absolute atomic E-state index is 13.9. The summed E-state index contributed by atoms with van der Waals surface area (Å²) in [6.45, 7) is 1.75. The number of nitrogens with zero attached hydrogens (tertiary/aromatic N) is 2. The van der Waals surface area contributed by atoms with Crippen LogP contribution in [-0.4, -0.2) is 30.3 Å². The van der Waals surface area contributed by atoms with Crippen LogP contribution in [0.4, 0.5) is 14.5 Å². The van der Waals surface area contributed by atoms with Crippen molar-refractivity contribution in [2.75, 3.05) is 18.5 Å². The number of hydrogen-bond acceptors (Lipinski definition) is 2. The number of hydrogen-bond donors (Lipinski definition) is 0. The summed E-state index contributed by atoms with van der Waals surface area (Å²) in [5, 5.41) is 0. The minimum absolute atomic E-state index is 0.0237. The lowest BCUT2D eigenvalue weighted by molar-refractivity contribution is -0.130. The van der Waals surface area contributed by atoms with Crippen LogP contribution in [0.2, 0.25) is 0 Å². The van der Waals surface area contributed by atoms with Gasteiger partial charge in [-0.05, 0) is 17.7 Å². The second-order valence-corrected chi connectivity index (χ2v) is 5.75. The Kier molecular flexibility index (Phi) is 6.22. The van der Waals surface area contributed by atoms with Gasteiger partial charge in [0.05, 0.1) is 5.69 Å². The van der Waals surface area contributed by atoms with Crippen LogP contribution >= 0.6 is 0 Å². The maximum Gasteiger partial charge on any atom is 0.224 e. The Morgan fingerprint density at radius 1 is 1.04 bits per heavy atom. The average molecular weight is 346 g/mol. The van der Waals surface area contributed by atoms with E-state index in [2.05, 4.69) is 0 Å². The molecule has 0 aliphatic rings.